The Kier molecular flexibility index (Phi) is 4.31. The van der Waals surface area contributed by atoms with Gasteiger partial charge in [-0.1, -0.05) is 0 Å². The lowest BCUT2D eigenvalue weighted by Gasteiger charge is -2.11. The number of carbonyl (C=O) groups is 1. The van der Waals surface area contributed by atoms with Crippen LogP contribution < -0.4 is 10.9 Å². The minimum absolute atomic E-state index is 0.249. The van der Waals surface area contributed by atoms with Gasteiger partial charge in [0.1, 0.15) is 5.69 Å². The van der Waals surface area contributed by atoms with Crippen LogP contribution in [0.25, 0.3) is 0 Å². The molecule has 1 aromatic carbocycles. The highest BCUT2D eigenvalue weighted by molar-refractivity contribution is 7.08. The Morgan fingerprint density at radius 3 is 2.55 bits per heavy atom. The molecule has 0 spiro atoms. The first-order valence-electron chi connectivity index (χ1n) is 5.73. The Bertz CT molecular complexity index is 701. The highest BCUT2D eigenvalue weighted by Crippen LogP contribution is 2.34. The molecule has 0 fully saturated rings. The maximum atomic E-state index is 12.6. The van der Waals surface area contributed by atoms with Crippen molar-refractivity contribution in [3.8, 4) is 0 Å². The van der Waals surface area contributed by atoms with Crippen LogP contribution >= 0.6 is 11.3 Å². The van der Waals surface area contributed by atoms with Gasteiger partial charge in [0.05, 0.1) is 16.1 Å². The maximum absolute atomic E-state index is 12.6. The molecule has 0 bridgehead atoms. The van der Waals surface area contributed by atoms with Crippen LogP contribution in [0.5, 0.6) is 0 Å². The number of nitrogens with zero attached hydrogens (tertiary/aromatic N) is 1. The molecule has 0 atom stereocenters. The van der Waals surface area contributed by atoms with E-state index in [2.05, 4.69) is 10.9 Å². The summed E-state index contributed by atoms with van der Waals surface area (Å²) in [5.74, 6) is -0.560. The monoisotopic (exact) mass is 331 g/mol. The highest BCUT2D eigenvalue weighted by atomic mass is 32.1. The van der Waals surface area contributed by atoms with Crippen LogP contribution in [0.15, 0.2) is 35.0 Å². The van der Waals surface area contributed by atoms with Crippen molar-refractivity contribution in [2.24, 2.45) is 0 Å². The van der Waals surface area contributed by atoms with E-state index in [4.69, 9.17) is 0 Å². The smallest absolute Gasteiger partial charge is 0.292 e. The molecule has 0 unspecified atom stereocenters. The zero-order chi connectivity index (χ0) is 16.3. The van der Waals surface area contributed by atoms with E-state index in [9.17, 15) is 28.1 Å². The quantitative estimate of drug-likeness (QED) is 0.664. The average molecular weight is 331 g/mol. The predicted molar refractivity (Wildman–Crippen MR) is 73.5 cm³/mol. The van der Waals surface area contributed by atoms with E-state index >= 15 is 0 Å². The van der Waals surface area contributed by atoms with Gasteiger partial charge < -0.3 is 0 Å². The lowest BCUT2D eigenvalue weighted by molar-refractivity contribution is -0.384. The van der Waals surface area contributed by atoms with Gasteiger partial charge in [-0.15, -0.1) is 0 Å². The topological polar surface area (TPSA) is 84.3 Å². The normalized spacial score (nSPS) is 11.0. The SMILES string of the molecule is O=C(NNc1ccc(C(F)(F)F)cc1[N+](=O)[O-])c1ccsc1. The second-order valence-electron chi connectivity index (χ2n) is 4.08. The number of halogens is 3. The highest BCUT2D eigenvalue weighted by Gasteiger charge is 2.33. The molecule has 0 saturated heterocycles. The number of thiophene rings is 1. The van der Waals surface area contributed by atoms with Crippen LogP contribution in [0.1, 0.15) is 15.9 Å². The number of hydrogen-bond donors (Lipinski definition) is 2. The van der Waals surface area contributed by atoms with Crippen molar-refractivity contribution in [1.82, 2.24) is 5.43 Å². The zero-order valence-electron chi connectivity index (χ0n) is 10.7. The molecule has 2 aromatic rings. The molecular formula is C12H8F3N3O3S. The predicted octanol–water partition coefficient (Wildman–Crippen LogP) is 3.43. The van der Waals surface area contributed by atoms with Crippen molar-refractivity contribution in [3.05, 3.63) is 56.3 Å². The number of nitro benzene ring substituents is 1. The number of hydrazine groups is 1. The van der Waals surface area contributed by atoms with E-state index in [-0.39, 0.29) is 5.69 Å². The van der Waals surface area contributed by atoms with Crippen LogP contribution in [-0.2, 0) is 6.18 Å². The lowest BCUT2D eigenvalue weighted by atomic mass is 10.1. The Hall–Kier alpha value is -2.62. The third kappa shape index (κ3) is 3.52. The standard InChI is InChI=1S/C12H8F3N3O3S/c13-12(14,15)8-1-2-9(10(5-8)18(20)21)16-17-11(19)7-3-4-22-6-7/h1-6,16H,(H,17,19). The van der Waals surface area contributed by atoms with Crippen molar-refractivity contribution >= 4 is 28.6 Å². The van der Waals surface area contributed by atoms with Gasteiger partial charge in [-0.2, -0.15) is 24.5 Å². The molecule has 1 aromatic heterocycles. The fraction of sp³-hybridized carbons (Fsp3) is 0.0833. The maximum Gasteiger partial charge on any atom is 0.416 e. The van der Waals surface area contributed by atoms with Crippen molar-refractivity contribution in [1.29, 1.82) is 0 Å². The molecule has 22 heavy (non-hydrogen) atoms. The van der Waals surface area contributed by atoms with E-state index in [1.165, 1.54) is 17.4 Å². The number of amides is 1. The molecule has 0 aliphatic heterocycles. The zero-order valence-corrected chi connectivity index (χ0v) is 11.5. The van der Waals surface area contributed by atoms with E-state index in [1.807, 2.05) is 0 Å². The summed E-state index contributed by atoms with van der Waals surface area (Å²) in [6.07, 6.45) is -4.69. The summed E-state index contributed by atoms with van der Waals surface area (Å²) in [5, 5.41) is 14.1. The molecule has 0 aliphatic rings. The Morgan fingerprint density at radius 2 is 2.00 bits per heavy atom. The van der Waals surface area contributed by atoms with E-state index in [0.717, 1.165) is 6.07 Å². The van der Waals surface area contributed by atoms with E-state index < -0.39 is 28.3 Å². The molecule has 0 saturated carbocycles. The number of carbonyl (C=O) groups excluding carboxylic acids is 1. The van der Waals surface area contributed by atoms with Crippen molar-refractivity contribution < 1.29 is 22.9 Å². The number of benzene rings is 1. The second-order valence-corrected chi connectivity index (χ2v) is 4.86. The first-order valence-corrected chi connectivity index (χ1v) is 6.67. The Morgan fingerprint density at radius 1 is 1.27 bits per heavy atom. The van der Waals surface area contributed by atoms with Gasteiger partial charge in [-0.05, 0) is 23.6 Å². The van der Waals surface area contributed by atoms with Crippen molar-refractivity contribution in [2.45, 2.75) is 6.18 Å². The van der Waals surface area contributed by atoms with Gasteiger partial charge in [0.2, 0.25) is 0 Å². The molecule has 2 N–H and O–H groups in total. The minimum Gasteiger partial charge on any atom is -0.292 e. The summed E-state index contributed by atoms with van der Waals surface area (Å²) in [6.45, 7) is 0. The third-order valence-electron chi connectivity index (χ3n) is 2.62. The fourth-order valence-electron chi connectivity index (χ4n) is 1.55. The van der Waals surface area contributed by atoms with Crippen LogP contribution in [0.3, 0.4) is 0 Å². The molecular weight excluding hydrogens is 323 g/mol. The summed E-state index contributed by atoms with van der Waals surface area (Å²) in [6, 6.07) is 3.50. The number of hydrogen-bond acceptors (Lipinski definition) is 5. The van der Waals surface area contributed by atoms with Crippen LogP contribution in [0, 0.1) is 10.1 Å². The first-order chi connectivity index (χ1) is 10.3. The summed E-state index contributed by atoms with van der Waals surface area (Å²) in [7, 11) is 0. The molecule has 0 radical (unpaired) electrons. The van der Waals surface area contributed by atoms with Gasteiger partial charge >= 0.3 is 6.18 Å². The molecule has 10 heteroatoms. The number of nitrogens with one attached hydrogen (secondary N) is 2. The van der Waals surface area contributed by atoms with Crippen molar-refractivity contribution in [3.63, 3.8) is 0 Å². The van der Waals surface area contributed by atoms with Crippen LogP contribution in [-0.4, -0.2) is 10.8 Å². The largest absolute Gasteiger partial charge is 0.416 e. The first kappa shape index (κ1) is 15.8. The third-order valence-corrected chi connectivity index (χ3v) is 3.30. The molecule has 116 valence electrons. The molecule has 6 nitrogen and oxygen atoms in total. The van der Waals surface area contributed by atoms with Gasteiger partial charge in [0.25, 0.3) is 11.6 Å². The minimum atomic E-state index is -4.69. The molecule has 0 aliphatic carbocycles. The molecule has 1 amide bonds. The van der Waals surface area contributed by atoms with Gasteiger partial charge in [0.15, 0.2) is 0 Å². The average Bonchev–Trinajstić information content (AvgIpc) is 2.97. The summed E-state index contributed by atoms with van der Waals surface area (Å²) in [4.78, 5) is 21.6. The fourth-order valence-corrected chi connectivity index (χ4v) is 2.19. The lowest BCUT2D eigenvalue weighted by Crippen LogP contribution is -2.29. The summed E-state index contributed by atoms with van der Waals surface area (Å²) < 4.78 is 37.7. The van der Waals surface area contributed by atoms with E-state index in [1.54, 1.807) is 10.8 Å². The second kappa shape index (κ2) is 6.02. The molecule has 2 rings (SSSR count). The number of nitro groups is 1. The van der Waals surface area contributed by atoms with Gasteiger partial charge in [-0.3, -0.25) is 25.8 Å². The number of anilines is 1. The number of alkyl halides is 3. The Labute approximate surface area is 125 Å². The van der Waals surface area contributed by atoms with Gasteiger partial charge in [0, 0.05) is 11.4 Å². The van der Waals surface area contributed by atoms with Crippen molar-refractivity contribution in [2.75, 3.05) is 5.43 Å². The Balaban J connectivity index is 2.20. The van der Waals surface area contributed by atoms with Crippen LogP contribution in [0.4, 0.5) is 24.5 Å². The van der Waals surface area contributed by atoms with Gasteiger partial charge in [-0.25, -0.2) is 0 Å². The van der Waals surface area contributed by atoms with Crippen LogP contribution in [0.2, 0.25) is 0 Å². The van der Waals surface area contributed by atoms with E-state index in [0.29, 0.717) is 17.7 Å². The number of rotatable bonds is 4. The molecule has 1 heterocycles. The summed E-state index contributed by atoms with van der Waals surface area (Å²) in [5.41, 5.74) is 2.59. The summed E-state index contributed by atoms with van der Waals surface area (Å²) >= 11 is 1.28.